The molecule has 0 spiro atoms. The molecule has 3 nitrogen and oxygen atoms in total. The Labute approximate surface area is 118 Å². The lowest BCUT2D eigenvalue weighted by atomic mass is 10.0. The predicted octanol–water partition coefficient (Wildman–Crippen LogP) is 2.16. The molecule has 2 aromatic rings. The van der Waals surface area contributed by atoms with E-state index in [1.165, 1.54) is 6.07 Å². The van der Waals surface area contributed by atoms with Crippen LogP contribution >= 0.6 is 0 Å². The Balaban J connectivity index is 1.81. The molecule has 1 unspecified atom stereocenters. The van der Waals surface area contributed by atoms with Crippen molar-refractivity contribution in [1.29, 1.82) is 0 Å². The molecule has 1 aromatic heterocycles. The highest BCUT2D eigenvalue weighted by molar-refractivity contribution is 5.16. The summed E-state index contributed by atoms with van der Waals surface area (Å²) in [6.45, 7) is 1.17. The molecule has 0 aliphatic heterocycles. The maximum Gasteiger partial charge on any atom is 0.127 e. The van der Waals surface area contributed by atoms with Crippen molar-refractivity contribution in [3.05, 3.63) is 65.7 Å². The van der Waals surface area contributed by atoms with Gasteiger partial charge in [-0.2, -0.15) is 0 Å². The van der Waals surface area contributed by atoms with Gasteiger partial charge in [0.05, 0.1) is 0 Å². The highest BCUT2D eigenvalue weighted by Crippen LogP contribution is 2.08. The number of hydrogen-bond donors (Lipinski definition) is 2. The summed E-state index contributed by atoms with van der Waals surface area (Å²) < 4.78 is 13.4. The van der Waals surface area contributed by atoms with Crippen LogP contribution in [0.15, 0.2) is 48.7 Å². The van der Waals surface area contributed by atoms with E-state index < -0.39 is 0 Å². The van der Waals surface area contributed by atoms with Crippen molar-refractivity contribution >= 4 is 0 Å². The summed E-state index contributed by atoms with van der Waals surface area (Å²) in [4.78, 5) is 4.25. The van der Waals surface area contributed by atoms with Crippen LogP contribution in [-0.2, 0) is 13.0 Å². The molecule has 0 aliphatic carbocycles. The van der Waals surface area contributed by atoms with Crippen molar-refractivity contribution in [3.63, 3.8) is 0 Å². The van der Waals surface area contributed by atoms with Crippen LogP contribution in [-0.4, -0.2) is 23.2 Å². The molecule has 0 radical (unpaired) electrons. The Morgan fingerprint density at radius 2 is 1.95 bits per heavy atom. The van der Waals surface area contributed by atoms with Crippen LogP contribution in [0.2, 0.25) is 0 Å². The van der Waals surface area contributed by atoms with E-state index in [0.29, 0.717) is 25.1 Å². The maximum absolute atomic E-state index is 13.4. The van der Waals surface area contributed by atoms with Crippen molar-refractivity contribution in [1.82, 2.24) is 10.3 Å². The van der Waals surface area contributed by atoms with Gasteiger partial charge in [-0.15, -0.1) is 0 Å². The molecule has 2 rings (SSSR count). The fourth-order valence-electron chi connectivity index (χ4n) is 2.07. The lowest BCUT2D eigenvalue weighted by Crippen LogP contribution is -2.27. The summed E-state index contributed by atoms with van der Waals surface area (Å²) in [6, 6.07) is 12.5. The summed E-state index contributed by atoms with van der Waals surface area (Å²) in [7, 11) is 0. The number of benzene rings is 1. The number of halogens is 1. The van der Waals surface area contributed by atoms with E-state index in [2.05, 4.69) is 10.3 Å². The van der Waals surface area contributed by atoms with Gasteiger partial charge in [0.2, 0.25) is 0 Å². The van der Waals surface area contributed by atoms with Gasteiger partial charge in [0.15, 0.2) is 0 Å². The van der Waals surface area contributed by atoms with Gasteiger partial charge in [0, 0.05) is 37.2 Å². The second-order valence-corrected chi connectivity index (χ2v) is 4.80. The largest absolute Gasteiger partial charge is 0.396 e. The van der Waals surface area contributed by atoms with Gasteiger partial charge in [-0.25, -0.2) is 4.39 Å². The standard InChI is InChI=1S/C16H19FN2O/c17-16-7-2-1-5-14(16)11-18-10-13(12-20)9-15-6-3-4-8-19-15/h1-8,13,18,20H,9-12H2. The highest BCUT2D eigenvalue weighted by Gasteiger charge is 2.09. The first-order valence-corrected chi connectivity index (χ1v) is 6.74. The third-order valence-electron chi connectivity index (χ3n) is 3.19. The number of pyridine rings is 1. The molecule has 0 amide bonds. The second-order valence-electron chi connectivity index (χ2n) is 4.80. The van der Waals surface area contributed by atoms with Crippen LogP contribution in [0.5, 0.6) is 0 Å². The third-order valence-corrected chi connectivity index (χ3v) is 3.19. The normalized spacial score (nSPS) is 12.3. The predicted molar refractivity (Wildman–Crippen MR) is 76.6 cm³/mol. The second kappa shape index (κ2) is 7.72. The van der Waals surface area contributed by atoms with Crippen LogP contribution in [0.25, 0.3) is 0 Å². The van der Waals surface area contributed by atoms with Gasteiger partial charge in [-0.3, -0.25) is 4.98 Å². The van der Waals surface area contributed by atoms with Crippen LogP contribution in [0.1, 0.15) is 11.3 Å². The lowest BCUT2D eigenvalue weighted by molar-refractivity contribution is 0.220. The summed E-state index contributed by atoms with van der Waals surface area (Å²) in [6.07, 6.45) is 2.46. The fourth-order valence-corrected chi connectivity index (χ4v) is 2.07. The third kappa shape index (κ3) is 4.40. The van der Waals surface area contributed by atoms with Crippen molar-refractivity contribution < 1.29 is 9.50 Å². The van der Waals surface area contributed by atoms with Crippen molar-refractivity contribution in [2.24, 2.45) is 5.92 Å². The van der Waals surface area contributed by atoms with Gasteiger partial charge in [0.1, 0.15) is 5.82 Å². The smallest absolute Gasteiger partial charge is 0.127 e. The molecule has 4 heteroatoms. The topological polar surface area (TPSA) is 45.1 Å². The van der Waals surface area contributed by atoms with Gasteiger partial charge < -0.3 is 10.4 Å². The number of hydrogen-bond acceptors (Lipinski definition) is 3. The minimum Gasteiger partial charge on any atom is -0.396 e. The van der Waals surface area contributed by atoms with E-state index in [1.54, 1.807) is 18.3 Å². The van der Waals surface area contributed by atoms with Gasteiger partial charge in [-0.05, 0) is 30.5 Å². The maximum atomic E-state index is 13.4. The van der Waals surface area contributed by atoms with Gasteiger partial charge >= 0.3 is 0 Å². The Morgan fingerprint density at radius 3 is 2.65 bits per heavy atom. The first kappa shape index (κ1) is 14.6. The zero-order valence-electron chi connectivity index (χ0n) is 11.3. The molecular formula is C16H19FN2O. The van der Waals surface area contributed by atoms with E-state index in [-0.39, 0.29) is 18.3 Å². The quantitative estimate of drug-likeness (QED) is 0.813. The first-order chi connectivity index (χ1) is 9.79. The molecule has 1 heterocycles. The summed E-state index contributed by atoms with van der Waals surface area (Å²) in [5.74, 6) is -0.123. The van der Waals surface area contributed by atoms with Crippen LogP contribution in [0.4, 0.5) is 4.39 Å². The van der Waals surface area contributed by atoms with Gasteiger partial charge in [-0.1, -0.05) is 24.3 Å². The monoisotopic (exact) mass is 274 g/mol. The molecule has 106 valence electrons. The molecule has 0 aliphatic rings. The molecular weight excluding hydrogens is 255 g/mol. The van der Waals surface area contributed by atoms with E-state index >= 15 is 0 Å². The van der Waals surface area contributed by atoms with Crippen LogP contribution < -0.4 is 5.32 Å². The molecule has 0 saturated carbocycles. The minimum absolute atomic E-state index is 0.0803. The molecule has 2 N–H and O–H groups in total. The number of aliphatic hydroxyl groups is 1. The van der Waals surface area contributed by atoms with E-state index in [0.717, 1.165) is 5.69 Å². The molecule has 0 bridgehead atoms. The Hall–Kier alpha value is -1.78. The fraction of sp³-hybridized carbons (Fsp3) is 0.312. The first-order valence-electron chi connectivity index (χ1n) is 6.74. The van der Waals surface area contributed by atoms with Crippen LogP contribution in [0.3, 0.4) is 0 Å². The van der Waals surface area contributed by atoms with E-state index in [1.807, 2.05) is 24.3 Å². The van der Waals surface area contributed by atoms with Crippen molar-refractivity contribution in [2.75, 3.05) is 13.2 Å². The van der Waals surface area contributed by atoms with E-state index in [4.69, 9.17) is 0 Å². The molecule has 1 aromatic carbocycles. The SMILES string of the molecule is OCC(CNCc1ccccc1F)Cc1ccccn1. The number of aliphatic hydroxyl groups excluding tert-OH is 1. The number of aromatic nitrogens is 1. The Morgan fingerprint density at radius 1 is 1.15 bits per heavy atom. The minimum atomic E-state index is -0.203. The number of nitrogens with zero attached hydrogens (tertiary/aromatic N) is 1. The van der Waals surface area contributed by atoms with Gasteiger partial charge in [0.25, 0.3) is 0 Å². The average Bonchev–Trinajstić information content (AvgIpc) is 2.49. The molecule has 1 atom stereocenters. The van der Waals surface area contributed by atoms with Crippen molar-refractivity contribution in [2.45, 2.75) is 13.0 Å². The number of rotatable bonds is 7. The molecule has 20 heavy (non-hydrogen) atoms. The zero-order chi connectivity index (χ0) is 14.2. The molecule has 0 fully saturated rings. The van der Waals surface area contributed by atoms with E-state index in [9.17, 15) is 9.50 Å². The number of nitrogens with one attached hydrogen (secondary N) is 1. The zero-order valence-corrected chi connectivity index (χ0v) is 11.3. The Kier molecular flexibility index (Phi) is 5.65. The van der Waals surface area contributed by atoms with Crippen molar-refractivity contribution in [3.8, 4) is 0 Å². The lowest BCUT2D eigenvalue weighted by Gasteiger charge is -2.15. The highest BCUT2D eigenvalue weighted by atomic mass is 19.1. The average molecular weight is 274 g/mol. The Bertz CT molecular complexity index is 519. The summed E-state index contributed by atoms with van der Waals surface area (Å²) in [5, 5.41) is 12.6. The van der Waals surface area contributed by atoms with Crippen LogP contribution in [0, 0.1) is 11.7 Å². The summed E-state index contributed by atoms with van der Waals surface area (Å²) in [5.41, 5.74) is 1.60. The summed E-state index contributed by atoms with van der Waals surface area (Å²) >= 11 is 0. The molecule has 0 saturated heterocycles.